The number of rotatable bonds is 4. The Morgan fingerprint density at radius 2 is 2.18 bits per heavy atom. The number of pyridine rings is 1. The molecule has 0 aliphatic heterocycles. The summed E-state index contributed by atoms with van der Waals surface area (Å²) < 4.78 is 30.9. The lowest BCUT2D eigenvalue weighted by Crippen LogP contribution is -2.11. The van der Waals surface area contributed by atoms with Gasteiger partial charge in [0.2, 0.25) is 0 Å². The molecule has 0 spiro atoms. The minimum absolute atomic E-state index is 0.154. The highest BCUT2D eigenvalue weighted by atomic mass is 79.9. The van der Waals surface area contributed by atoms with Crippen molar-refractivity contribution >= 4 is 37.8 Å². The van der Waals surface area contributed by atoms with Crippen molar-refractivity contribution in [2.45, 2.75) is 19.8 Å². The molecule has 0 N–H and O–H groups in total. The Balaban J connectivity index is 3.08. The molecular formula is C10H9Br2F2NO2. The molecule has 0 radical (unpaired) electrons. The summed E-state index contributed by atoms with van der Waals surface area (Å²) in [6.45, 7) is 1.87. The number of hydrogen-bond donors (Lipinski definition) is 0. The number of esters is 1. The number of carbonyl (C=O) groups excluding carboxylic acids is 1. The predicted molar refractivity (Wildman–Crippen MR) is 64.9 cm³/mol. The van der Waals surface area contributed by atoms with Crippen LogP contribution in [-0.2, 0) is 16.0 Å². The van der Waals surface area contributed by atoms with Gasteiger partial charge in [0.05, 0.1) is 13.0 Å². The predicted octanol–water partition coefficient (Wildman–Crippen LogP) is 3.65. The maximum Gasteiger partial charge on any atom is 0.310 e. The molecule has 1 heterocycles. The summed E-state index contributed by atoms with van der Waals surface area (Å²) in [7, 11) is 0. The average molecular weight is 373 g/mol. The van der Waals surface area contributed by atoms with E-state index in [2.05, 4.69) is 36.8 Å². The second kappa shape index (κ2) is 6.39. The van der Waals surface area contributed by atoms with Crippen LogP contribution in [0.25, 0.3) is 0 Å². The Labute approximate surface area is 114 Å². The fourth-order valence-electron chi connectivity index (χ4n) is 1.24. The Bertz CT molecular complexity index is 427. The highest BCUT2D eigenvalue weighted by Crippen LogP contribution is 2.30. The number of ether oxygens (including phenoxy) is 1. The standard InChI is InChI=1S/C10H9Br2F2NO2/c1-2-17-8(16)3-5-6(11)4-7(12)15-9(5)10(13)14/h4,10H,2-3H2,1H3. The van der Waals surface area contributed by atoms with E-state index in [9.17, 15) is 13.6 Å². The molecule has 0 aromatic carbocycles. The normalized spacial score (nSPS) is 10.7. The largest absolute Gasteiger partial charge is 0.466 e. The molecule has 3 nitrogen and oxygen atoms in total. The van der Waals surface area contributed by atoms with Crippen LogP contribution in [0.1, 0.15) is 24.6 Å². The second-order valence-electron chi connectivity index (χ2n) is 3.07. The molecular weight excluding hydrogens is 364 g/mol. The van der Waals surface area contributed by atoms with E-state index >= 15 is 0 Å². The highest BCUT2D eigenvalue weighted by molar-refractivity contribution is 9.11. The highest BCUT2D eigenvalue weighted by Gasteiger charge is 2.21. The number of aromatic nitrogens is 1. The van der Waals surface area contributed by atoms with Gasteiger partial charge in [0.1, 0.15) is 10.3 Å². The summed E-state index contributed by atoms with van der Waals surface area (Å²) in [5, 5.41) is 0. The molecule has 0 saturated carbocycles. The van der Waals surface area contributed by atoms with Gasteiger partial charge in [-0.05, 0) is 28.9 Å². The van der Waals surface area contributed by atoms with Crippen molar-refractivity contribution in [2.75, 3.05) is 6.61 Å². The lowest BCUT2D eigenvalue weighted by molar-refractivity contribution is -0.142. The first kappa shape index (κ1) is 14.5. The van der Waals surface area contributed by atoms with Gasteiger partial charge < -0.3 is 4.74 Å². The van der Waals surface area contributed by atoms with Crippen LogP contribution in [-0.4, -0.2) is 17.6 Å². The Kier molecular flexibility index (Phi) is 5.45. The van der Waals surface area contributed by atoms with E-state index in [0.29, 0.717) is 4.47 Å². The maximum atomic E-state index is 12.8. The van der Waals surface area contributed by atoms with E-state index in [0.717, 1.165) is 0 Å². The SMILES string of the molecule is CCOC(=O)Cc1c(Br)cc(Br)nc1C(F)F. The zero-order chi connectivity index (χ0) is 13.0. The zero-order valence-electron chi connectivity index (χ0n) is 8.84. The first-order valence-corrected chi connectivity index (χ1v) is 6.32. The smallest absolute Gasteiger partial charge is 0.310 e. The third-order valence-corrected chi connectivity index (χ3v) is 3.02. The third kappa shape index (κ3) is 3.99. The van der Waals surface area contributed by atoms with Gasteiger partial charge in [-0.25, -0.2) is 13.8 Å². The summed E-state index contributed by atoms with van der Waals surface area (Å²) in [5.74, 6) is -0.556. The second-order valence-corrected chi connectivity index (χ2v) is 4.74. The number of halogens is 4. The Hall–Kier alpha value is -0.560. The van der Waals surface area contributed by atoms with E-state index in [1.807, 2.05) is 0 Å². The van der Waals surface area contributed by atoms with Gasteiger partial charge in [0, 0.05) is 10.0 Å². The van der Waals surface area contributed by atoms with E-state index in [1.165, 1.54) is 6.07 Å². The molecule has 1 aromatic heterocycles. The summed E-state index contributed by atoms with van der Waals surface area (Å²) in [6.07, 6.45) is -2.97. The van der Waals surface area contributed by atoms with Crippen molar-refractivity contribution in [1.29, 1.82) is 0 Å². The molecule has 17 heavy (non-hydrogen) atoms. The van der Waals surface area contributed by atoms with Gasteiger partial charge in [0.25, 0.3) is 6.43 Å². The van der Waals surface area contributed by atoms with Gasteiger partial charge in [-0.15, -0.1) is 0 Å². The van der Waals surface area contributed by atoms with Crippen molar-refractivity contribution in [2.24, 2.45) is 0 Å². The van der Waals surface area contributed by atoms with Crippen LogP contribution in [0.5, 0.6) is 0 Å². The molecule has 0 amide bonds. The van der Waals surface area contributed by atoms with Crippen LogP contribution in [0.15, 0.2) is 15.1 Å². The Morgan fingerprint density at radius 3 is 2.71 bits per heavy atom. The van der Waals surface area contributed by atoms with Crippen LogP contribution >= 0.6 is 31.9 Å². The van der Waals surface area contributed by atoms with Crippen LogP contribution in [0, 0.1) is 0 Å². The molecule has 0 atom stereocenters. The van der Waals surface area contributed by atoms with Gasteiger partial charge in [-0.2, -0.15) is 0 Å². The molecule has 94 valence electrons. The summed E-state index contributed by atoms with van der Waals surface area (Å²) in [6, 6.07) is 1.51. The van der Waals surface area contributed by atoms with Gasteiger partial charge in [-0.3, -0.25) is 4.79 Å². The summed E-state index contributed by atoms with van der Waals surface area (Å²) in [5.41, 5.74) is -0.263. The van der Waals surface area contributed by atoms with Crippen molar-refractivity contribution in [3.63, 3.8) is 0 Å². The zero-order valence-corrected chi connectivity index (χ0v) is 12.0. The van der Waals surface area contributed by atoms with Crippen molar-refractivity contribution in [3.8, 4) is 0 Å². The quantitative estimate of drug-likeness (QED) is 0.598. The van der Waals surface area contributed by atoms with Crippen molar-refractivity contribution in [1.82, 2.24) is 4.98 Å². The van der Waals surface area contributed by atoms with E-state index in [1.54, 1.807) is 6.92 Å². The van der Waals surface area contributed by atoms with Crippen LogP contribution < -0.4 is 0 Å². The van der Waals surface area contributed by atoms with E-state index in [4.69, 9.17) is 4.74 Å². The average Bonchev–Trinajstić information content (AvgIpc) is 2.21. The van der Waals surface area contributed by atoms with Crippen LogP contribution in [0.2, 0.25) is 0 Å². The fourth-order valence-corrected chi connectivity index (χ4v) is 2.53. The minimum Gasteiger partial charge on any atom is -0.466 e. The van der Waals surface area contributed by atoms with Crippen molar-refractivity contribution in [3.05, 3.63) is 26.4 Å². The van der Waals surface area contributed by atoms with E-state index < -0.39 is 18.1 Å². The minimum atomic E-state index is -2.74. The van der Waals surface area contributed by atoms with E-state index in [-0.39, 0.29) is 23.2 Å². The number of carbonyl (C=O) groups is 1. The first-order chi connectivity index (χ1) is 7.95. The monoisotopic (exact) mass is 371 g/mol. The number of nitrogens with zero attached hydrogens (tertiary/aromatic N) is 1. The molecule has 0 aliphatic rings. The number of hydrogen-bond acceptors (Lipinski definition) is 3. The van der Waals surface area contributed by atoms with Crippen LogP contribution in [0.3, 0.4) is 0 Å². The van der Waals surface area contributed by atoms with Gasteiger partial charge >= 0.3 is 5.97 Å². The lowest BCUT2D eigenvalue weighted by atomic mass is 10.1. The molecule has 0 fully saturated rings. The summed E-state index contributed by atoms with van der Waals surface area (Å²) >= 11 is 6.16. The molecule has 0 bridgehead atoms. The van der Waals surface area contributed by atoms with Gasteiger partial charge in [0.15, 0.2) is 0 Å². The molecule has 1 aromatic rings. The lowest BCUT2D eigenvalue weighted by Gasteiger charge is -2.10. The van der Waals surface area contributed by atoms with Gasteiger partial charge in [-0.1, -0.05) is 15.9 Å². The topological polar surface area (TPSA) is 39.2 Å². The molecule has 0 aliphatic carbocycles. The maximum absolute atomic E-state index is 12.8. The number of alkyl halides is 2. The third-order valence-electron chi connectivity index (χ3n) is 1.90. The molecule has 0 unspecified atom stereocenters. The fraction of sp³-hybridized carbons (Fsp3) is 0.400. The molecule has 7 heteroatoms. The first-order valence-electron chi connectivity index (χ1n) is 4.74. The summed E-state index contributed by atoms with van der Waals surface area (Å²) in [4.78, 5) is 15.0. The Morgan fingerprint density at radius 1 is 1.53 bits per heavy atom. The van der Waals surface area contributed by atoms with Crippen LogP contribution in [0.4, 0.5) is 8.78 Å². The molecule has 1 rings (SSSR count). The van der Waals surface area contributed by atoms with Crippen molar-refractivity contribution < 1.29 is 18.3 Å². The molecule has 0 saturated heterocycles.